The number of pyridine rings is 2. The standard InChI is InChI=1S/C12H13BrN4/c1-17(12-2-3-15-7-11(12)14)8-9-4-10(13)6-16-5-9/h2-7H,8,14H2,1H3. The first-order chi connectivity index (χ1) is 8.16. The SMILES string of the molecule is CN(Cc1cncc(Br)c1)c1ccncc1N. The van der Waals surface area contributed by atoms with Gasteiger partial charge in [0.2, 0.25) is 0 Å². The number of halogens is 1. The largest absolute Gasteiger partial charge is 0.396 e. The minimum atomic E-state index is 0.679. The van der Waals surface area contributed by atoms with Crippen LogP contribution in [0, 0.1) is 0 Å². The van der Waals surface area contributed by atoms with E-state index in [1.54, 1.807) is 18.6 Å². The summed E-state index contributed by atoms with van der Waals surface area (Å²) in [6.07, 6.45) is 7.01. The highest BCUT2D eigenvalue weighted by Crippen LogP contribution is 2.22. The van der Waals surface area contributed by atoms with Crippen molar-refractivity contribution in [3.63, 3.8) is 0 Å². The van der Waals surface area contributed by atoms with Crippen LogP contribution in [0.15, 0.2) is 41.4 Å². The molecule has 0 aliphatic rings. The molecule has 0 aliphatic carbocycles. The average Bonchev–Trinajstić information content (AvgIpc) is 2.29. The van der Waals surface area contributed by atoms with Crippen LogP contribution < -0.4 is 10.6 Å². The van der Waals surface area contributed by atoms with Crippen molar-refractivity contribution in [3.05, 3.63) is 47.0 Å². The van der Waals surface area contributed by atoms with E-state index in [9.17, 15) is 0 Å². The molecular weight excluding hydrogens is 280 g/mol. The molecule has 2 aromatic heterocycles. The van der Waals surface area contributed by atoms with Gasteiger partial charge in [-0.15, -0.1) is 0 Å². The number of aromatic nitrogens is 2. The molecule has 0 fully saturated rings. The van der Waals surface area contributed by atoms with Gasteiger partial charge in [-0.2, -0.15) is 0 Å². The second-order valence-electron chi connectivity index (χ2n) is 3.80. The lowest BCUT2D eigenvalue weighted by atomic mass is 10.2. The molecule has 5 heteroatoms. The number of hydrogen-bond donors (Lipinski definition) is 1. The van der Waals surface area contributed by atoms with Gasteiger partial charge in [0.25, 0.3) is 0 Å². The fourth-order valence-electron chi connectivity index (χ4n) is 1.65. The van der Waals surface area contributed by atoms with Crippen molar-refractivity contribution < 1.29 is 0 Å². The molecule has 0 saturated carbocycles. The van der Waals surface area contributed by atoms with Gasteiger partial charge in [-0.05, 0) is 33.6 Å². The number of rotatable bonds is 3. The van der Waals surface area contributed by atoms with Crippen molar-refractivity contribution in [3.8, 4) is 0 Å². The van der Waals surface area contributed by atoms with Crippen molar-refractivity contribution >= 4 is 27.3 Å². The highest BCUT2D eigenvalue weighted by Gasteiger charge is 2.06. The summed E-state index contributed by atoms with van der Waals surface area (Å²) in [7, 11) is 1.99. The van der Waals surface area contributed by atoms with Gasteiger partial charge in [-0.25, -0.2) is 0 Å². The van der Waals surface area contributed by atoms with E-state index in [-0.39, 0.29) is 0 Å². The minimum absolute atomic E-state index is 0.679. The van der Waals surface area contributed by atoms with Crippen LogP contribution in [-0.4, -0.2) is 17.0 Å². The monoisotopic (exact) mass is 292 g/mol. The molecule has 2 rings (SSSR count). The van der Waals surface area contributed by atoms with Crippen molar-refractivity contribution in [2.24, 2.45) is 0 Å². The Labute approximate surface area is 109 Å². The van der Waals surface area contributed by atoms with E-state index < -0.39 is 0 Å². The summed E-state index contributed by atoms with van der Waals surface area (Å²) in [6, 6.07) is 3.95. The van der Waals surface area contributed by atoms with E-state index in [0.29, 0.717) is 5.69 Å². The number of anilines is 2. The summed E-state index contributed by atoms with van der Waals surface area (Å²) >= 11 is 3.41. The van der Waals surface area contributed by atoms with Gasteiger partial charge in [-0.3, -0.25) is 9.97 Å². The van der Waals surface area contributed by atoms with Gasteiger partial charge in [0.1, 0.15) is 0 Å². The summed E-state index contributed by atoms with van der Waals surface area (Å²) in [5.74, 6) is 0. The summed E-state index contributed by atoms with van der Waals surface area (Å²) in [5.41, 5.74) is 8.65. The zero-order chi connectivity index (χ0) is 12.3. The highest BCUT2D eigenvalue weighted by atomic mass is 79.9. The van der Waals surface area contributed by atoms with E-state index in [2.05, 4.69) is 30.8 Å². The summed E-state index contributed by atoms with van der Waals surface area (Å²) < 4.78 is 0.978. The first-order valence-corrected chi connectivity index (χ1v) is 5.96. The van der Waals surface area contributed by atoms with E-state index >= 15 is 0 Å². The first-order valence-electron chi connectivity index (χ1n) is 5.17. The highest BCUT2D eigenvalue weighted by molar-refractivity contribution is 9.10. The lowest BCUT2D eigenvalue weighted by Gasteiger charge is -2.20. The topological polar surface area (TPSA) is 55.0 Å². The number of hydrogen-bond acceptors (Lipinski definition) is 4. The molecule has 0 bridgehead atoms. The summed E-state index contributed by atoms with van der Waals surface area (Å²) in [5, 5.41) is 0. The first kappa shape index (κ1) is 11.9. The van der Waals surface area contributed by atoms with Crippen LogP contribution in [-0.2, 0) is 6.54 Å². The number of nitrogens with two attached hydrogens (primary N) is 1. The van der Waals surface area contributed by atoms with Gasteiger partial charge in [0.15, 0.2) is 0 Å². The Hall–Kier alpha value is -1.62. The van der Waals surface area contributed by atoms with Crippen LogP contribution in [0.4, 0.5) is 11.4 Å². The molecule has 4 nitrogen and oxygen atoms in total. The molecule has 0 atom stereocenters. The predicted octanol–water partition coefficient (Wildman–Crippen LogP) is 2.46. The molecule has 2 aromatic rings. The second kappa shape index (κ2) is 5.14. The third-order valence-corrected chi connectivity index (χ3v) is 2.85. The van der Waals surface area contributed by atoms with Crippen LogP contribution in [0.25, 0.3) is 0 Å². The van der Waals surface area contributed by atoms with Crippen molar-refractivity contribution in [2.45, 2.75) is 6.54 Å². The van der Waals surface area contributed by atoms with Crippen LogP contribution in [0.5, 0.6) is 0 Å². The number of nitrogen functional groups attached to an aromatic ring is 1. The molecule has 0 unspecified atom stereocenters. The Kier molecular flexibility index (Phi) is 3.58. The molecular formula is C12H13BrN4. The molecule has 0 amide bonds. The summed E-state index contributed by atoms with van der Waals surface area (Å²) in [6.45, 7) is 0.751. The van der Waals surface area contributed by atoms with E-state index in [0.717, 1.165) is 22.3 Å². The third kappa shape index (κ3) is 2.94. The normalized spacial score (nSPS) is 10.2. The maximum absolute atomic E-state index is 5.88. The summed E-state index contributed by atoms with van der Waals surface area (Å²) in [4.78, 5) is 10.2. The molecule has 0 saturated heterocycles. The van der Waals surface area contributed by atoms with Gasteiger partial charge < -0.3 is 10.6 Å². The van der Waals surface area contributed by atoms with E-state index in [1.165, 1.54) is 0 Å². The van der Waals surface area contributed by atoms with Crippen LogP contribution >= 0.6 is 15.9 Å². The van der Waals surface area contributed by atoms with Gasteiger partial charge in [0.05, 0.1) is 17.6 Å². The number of nitrogens with zero attached hydrogens (tertiary/aromatic N) is 3. The molecule has 88 valence electrons. The quantitative estimate of drug-likeness (QED) is 0.944. The molecule has 0 radical (unpaired) electrons. The predicted molar refractivity (Wildman–Crippen MR) is 72.7 cm³/mol. The fourth-order valence-corrected chi connectivity index (χ4v) is 2.06. The van der Waals surface area contributed by atoms with Crippen LogP contribution in [0.3, 0.4) is 0 Å². The lowest BCUT2D eigenvalue weighted by molar-refractivity contribution is 0.913. The Morgan fingerprint density at radius 2 is 2.12 bits per heavy atom. The molecule has 0 aromatic carbocycles. The maximum Gasteiger partial charge on any atom is 0.0738 e. The lowest BCUT2D eigenvalue weighted by Crippen LogP contribution is -2.18. The Morgan fingerprint density at radius 3 is 2.82 bits per heavy atom. The zero-order valence-corrected chi connectivity index (χ0v) is 11.1. The van der Waals surface area contributed by atoms with Crippen molar-refractivity contribution in [1.82, 2.24) is 9.97 Å². The van der Waals surface area contributed by atoms with Crippen molar-refractivity contribution in [2.75, 3.05) is 17.7 Å². The molecule has 0 spiro atoms. The minimum Gasteiger partial charge on any atom is -0.396 e. The maximum atomic E-state index is 5.88. The van der Waals surface area contributed by atoms with Crippen molar-refractivity contribution in [1.29, 1.82) is 0 Å². The Morgan fingerprint density at radius 1 is 1.29 bits per heavy atom. The smallest absolute Gasteiger partial charge is 0.0738 e. The molecule has 2 N–H and O–H groups in total. The average molecular weight is 293 g/mol. The van der Waals surface area contributed by atoms with Crippen LogP contribution in [0.1, 0.15) is 5.56 Å². The van der Waals surface area contributed by atoms with Gasteiger partial charge in [-0.1, -0.05) is 0 Å². The zero-order valence-electron chi connectivity index (χ0n) is 9.47. The Bertz CT molecular complexity index is 515. The van der Waals surface area contributed by atoms with E-state index in [4.69, 9.17) is 5.73 Å². The van der Waals surface area contributed by atoms with E-state index in [1.807, 2.05) is 25.4 Å². The fraction of sp³-hybridized carbons (Fsp3) is 0.167. The van der Waals surface area contributed by atoms with Gasteiger partial charge >= 0.3 is 0 Å². The van der Waals surface area contributed by atoms with Crippen LogP contribution in [0.2, 0.25) is 0 Å². The van der Waals surface area contributed by atoms with Gasteiger partial charge in [0, 0.05) is 36.7 Å². The molecule has 0 aliphatic heterocycles. The third-order valence-electron chi connectivity index (χ3n) is 2.42. The Balaban J connectivity index is 2.17. The molecule has 2 heterocycles. The second-order valence-corrected chi connectivity index (χ2v) is 4.72. The molecule has 17 heavy (non-hydrogen) atoms.